The van der Waals surface area contributed by atoms with E-state index < -0.39 is 0 Å². The highest BCUT2D eigenvalue weighted by molar-refractivity contribution is 5.95. The maximum Gasteiger partial charge on any atom is 0.257 e. The van der Waals surface area contributed by atoms with Gasteiger partial charge in [0.05, 0.1) is 11.3 Å². The molecule has 128 valence electrons. The number of rotatable bonds is 4. The summed E-state index contributed by atoms with van der Waals surface area (Å²) in [5, 5.41) is 4.49. The second kappa shape index (κ2) is 7.50. The summed E-state index contributed by atoms with van der Waals surface area (Å²) in [6.45, 7) is 4.86. The third-order valence-corrected chi connectivity index (χ3v) is 5.67. The molecule has 0 unspecified atom stereocenters. The third-order valence-electron chi connectivity index (χ3n) is 5.67. The Morgan fingerprint density at radius 1 is 1.09 bits per heavy atom. The van der Waals surface area contributed by atoms with Crippen LogP contribution in [0.2, 0.25) is 0 Å². The minimum atomic E-state index is 0.237. The Kier molecular flexibility index (Phi) is 5.39. The lowest BCUT2D eigenvalue weighted by Gasteiger charge is -2.41. The normalized spacial score (nSPS) is 20.6. The van der Waals surface area contributed by atoms with Crippen LogP contribution in [0.5, 0.6) is 0 Å². The number of amides is 1. The number of carbonyl (C=O) groups excluding carboxylic acids is 1. The van der Waals surface area contributed by atoms with Crippen LogP contribution in [0.1, 0.15) is 87.2 Å². The molecule has 4 heteroatoms. The van der Waals surface area contributed by atoms with Crippen LogP contribution in [0, 0.1) is 6.92 Å². The summed E-state index contributed by atoms with van der Waals surface area (Å²) < 4.78 is 1.89. The molecule has 1 aromatic heterocycles. The lowest BCUT2D eigenvalue weighted by molar-refractivity contribution is 0.0447. The summed E-state index contributed by atoms with van der Waals surface area (Å²) in [6.07, 6.45) is 14.4. The molecule has 2 aliphatic rings. The topological polar surface area (TPSA) is 38.1 Å². The van der Waals surface area contributed by atoms with E-state index in [0.717, 1.165) is 17.8 Å². The molecule has 0 N–H and O–H groups in total. The number of aromatic nitrogens is 2. The van der Waals surface area contributed by atoms with Gasteiger partial charge >= 0.3 is 0 Å². The van der Waals surface area contributed by atoms with Crippen molar-refractivity contribution in [1.29, 1.82) is 0 Å². The van der Waals surface area contributed by atoms with Crippen LogP contribution < -0.4 is 0 Å². The van der Waals surface area contributed by atoms with E-state index >= 15 is 0 Å². The molecule has 0 aromatic carbocycles. The van der Waals surface area contributed by atoms with Crippen LogP contribution in [0.15, 0.2) is 6.20 Å². The van der Waals surface area contributed by atoms with Crippen molar-refractivity contribution in [2.45, 2.75) is 96.7 Å². The molecule has 0 radical (unpaired) electrons. The number of carbonyl (C=O) groups is 1. The van der Waals surface area contributed by atoms with E-state index in [4.69, 9.17) is 0 Å². The van der Waals surface area contributed by atoms with Crippen LogP contribution in [-0.2, 0) is 6.54 Å². The third kappa shape index (κ3) is 3.61. The first-order chi connectivity index (χ1) is 11.2. The monoisotopic (exact) mass is 317 g/mol. The Hall–Kier alpha value is -1.32. The largest absolute Gasteiger partial charge is 0.333 e. The van der Waals surface area contributed by atoms with Gasteiger partial charge in [-0.2, -0.15) is 5.10 Å². The lowest BCUT2D eigenvalue weighted by Crippen LogP contribution is -2.48. The molecule has 4 nitrogen and oxygen atoms in total. The summed E-state index contributed by atoms with van der Waals surface area (Å²) in [5.41, 5.74) is 1.71. The molecule has 3 rings (SSSR count). The fourth-order valence-electron chi connectivity index (χ4n) is 4.38. The summed E-state index contributed by atoms with van der Waals surface area (Å²) in [5.74, 6) is 0.237. The SMILES string of the molecule is CCn1cc(C(=O)N(C2CCCCC2)C2CCCCC2)c(C)n1. The molecule has 2 saturated carbocycles. The van der Waals surface area contributed by atoms with Gasteiger partial charge in [-0.05, 0) is 39.5 Å². The van der Waals surface area contributed by atoms with Gasteiger partial charge in [0.1, 0.15) is 0 Å². The molecule has 1 amide bonds. The van der Waals surface area contributed by atoms with E-state index in [1.165, 1.54) is 64.2 Å². The van der Waals surface area contributed by atoms with Gasteiger partial charge in [0, 0.05) is 24.8 Å². The van der Waals surface area contributed by atoms with Gasteiger partial charge in [-0.3, -0.25) is 9.48 Å². The van der Waals surface area contributed by atoms with Crippen molar-refractivity contribution in [3.8, 4) is 0 Å². The Morgan fingerprint density at radius 3 is 2.04 bits per heavy atom. The molecule has 2 fully saturated rings. The highest BCUT2D eigenvalue weighted by Gasteiger charge is 2.34. The van der Waals surface area contributed by atoms with Crippen molar-refractivity contribution >= 4 is 5.91 Å². The van der Waals surface area contributed by atoms with E-state index in [9.17, 15) is 4.79 Å². The number of nitrogens with zero attached hydrogens (tertiary/aromatic N) is 3. The van der Waals surface area contributed by atoms with E-state index in [-0.39, 0.29) is 5.91 Å². The zero-order valence-corrected chi connectivity index (χ0v) is 14.8. The van der Waals surface area contributed by atoms with E-state index in [0.29, 0.717) is 12.1 Å². The summed E-state index contributed by atoms with van der Waals surface area (Å²) >= 11 is 0. The Morgan fingerprint density at radius 2 is 1.61 bits per heavy atom. The van der Waals surface area contributed by atoms with E-state index in [2.05, 4.69) is 16.9 Å². The Labute approximate surface area is 140 Å². The minimum Gasteiger partial charge on any atom is -0.333 e. The van der Waals surface area contributed by atoms with Crippen molar-refractivity contribution in [1.82, 2.24) is 14.7 Å². The van der Waals surface area contributed by atoms with Gasteiger partial charge in [-0.25, -0.2) is 0 Å². The van der Waals surface area contributed by atoms with Crippen molar-refractivity contribution in [3.63, 3.8) is 0 Å². The van der Waals surface area contributed by atoms with Gasteiger partial charge < -0.3 is 4.90 Å². The van der Waals surface area contributed by atoms with E-state index in [1.54, 1.807) is 0 Å². The fourth-order valence-corrected chi connectivity index (χ4v) is 4.38. The maximum absolute atomic E-state index is 13.4. The van der Waals surface area contributed by atoms with Crippen molar-refractivity contribution < 1.29 is 4.79 Å². The Bertz CT molecular complexity index is 507. The smallest absolute Gasteiger partial charge is 0.257 e. The molecule has 0 spiro atoms. The first-order valence-electron chi connectivity index (χ1n) is 9.57. The van der Waals surface area contributed by atoms with Crippen LogP contribution in [-0.4, -0.2) is 32.7 Å². The van der Waals surface area contributed by atoms with Gasteiger partial charge in [0.2, 0.25) is 0 Å². The van der Waals surface area contributed by atoms with E-state index in [1.807, 2.05) is 17.8 Å². The van der Waals surface area contributed by atoms with Crippen LogP contribution in [0.3, 0.4) is 0 Å². The molecule has 23 heavy (non-hydrogen) atoms. The summed E-state index contributed by atoms with van der Waals surface area (Å²) in [4.78, 5) is 15.6. The highest BCUT2D eigenvalue weighted by atomic mass is 16.2. The molecule has 0 saturated heterocycles. The first kappa shape index (κ1) is 16.5. The molecule has 0 bridgehead atoms. The van der Waals surface area contributed by atoms with Gasteiger partial charge in [-0.15, -0.1) is 0 Å². The maximum atomic E-state index is 13.4. The summed E-state index contributed by atoms with van der Waals surface area (Å²) in [6, 6.07) is 0.896. The second-order valence-corrected chi connectivity index (χ2v) is 7.28. The quantitative estimate of drug-likeness (QED) is 0.829. The molecular formula is C19H31N3O. The molecule has 0 aliphatic heterocycles. The molecule has 2 aliphatic carbocycles. The predicted octanol–water partition coefficient (Wildman–Crippen LogP) is 4.32. The zero-order chi connectivity index (χ0) is 16.2. The zero-order valence-electron chi connectivity index (χ0n) is 14.8. The fraction of sp³-hybridized carbons (Fsp3) is 0.789. The van der Waals surface area contributed by atoms with Crippen LogP contribution >= 0.6 is 0 Å². The van der Waals surface area contributed by atoms with Crippen molar-refractivity contribution in [2.24, 2.45) is 0 Å². The molecular weight excluding hydrogens is 286 g/mol. The van der Waals surface area contributed by atoms with Crippen molar-refractivity contribution in [2.75, 3.05) is 0 Å². The number of hydrogen-bond acceptors (Lipinski definition) is 2. The van der Waals surface area contributed by atoms with Gasteiger partial charge in [0.25, 0.3) is 5.91 Å². The number of aryl methyl sites for hydroxylation is 2. The van der Waals surface area contributed by atoms with Gasteiger partial charge in [-0.1, -0.05) is 38.5 Å². The lowest BCUT2D eigenvalue weighted by atomic mass is 9.88. The molecule has 1 aromatic rings. The predicted molar refractivity (Wildman–Crippen MR) is 92.6 cm³/mol. The highest BCUT2D eigenvalue weighted by Crippen LogP contribution is 2.31. The summed E-state index contributed by atoms with van der Waals surface area (Å²) in [7, 11) is 0. The molecule has 0 atom stereocenters. The van der Waals surface area contributed by atoms with Gasteiger partial charge in [0.15, 0.2) is 0 Å². The Balaban J connectivity index is 1.86. The average Bonchev–Trinajstić information content (AvgIpc) is 2.98. The standard InChI is InChI=1S/C19H31N3O/c1-3-21-14-18(15(2)20-21)19(23)22(16-10-6-4-7-11-16)17-12-8-5-9-13-17/h14,16-17H,3-13H2,1-2H3. The van der Waals surface area contributed by atoms with Crippen LogP contribution in [0.25, 0.3) is 0 Å². The first-order valence-corrected chi connectivity index (χ1v) is 9.57. The minimum absolute atomic E-state index is 0.237. The average molecular weight is 317 g/mol. The van der Waals surface area contributed by atoms with Crippen molar-refractivity contribution in [3.05, 3.63) is 17.5 Å². The number of hydrogen-bond donors (Lipinski definition) is 0. The second-order valence-electron chi connectivity index (χ2n) is 7.28. The van der Waals surface area contributed by atoms with Crippen LogP contribution in [0.4, 0.5) is 0 Å². The molecule has 1 heterocycles.